The predicted octanol–water partition coefficient (Wildman–Crippen LogP) is 3.82. The van der Waals surface area contributed by atoms with Crippen molar-refractivity contribution in [2.75, 3.05) is 36.5 Å². The lowest BCUT2D eigenvalue weighted by atomic mass is 10.2. The van der Waals surface area contributed by atoms with Crippen LogP contribution in [0.5, 0.6) is 0 Å². The maximum Gasteiger partial charge on any atom is 0.259 e. The number of rotatable bonds is 4. The number of hydrogen-bond donors (Lipinski definition) is 1. The number of benzene rings is 2. The zero-order valence-corrected chi connectivity index (χ0v) is 17.3. The Morgan fingerprint density at radius 2 is 1.77 bits per heavy atom. The highest BCUT2D eigenvalue weighted by molar-refractivity contribution is 6.06. The minimum Gasteiger partial charge on any atom is -0.378 e. The van der Waals surface area contributed by atoms with Crippen molar-refractivity contribution in [1.82, 2.24) is 14.8 Å². The largest absolute Gasteiger partial charge is 0.378 e. The summed E-state index contributed by atoms with van der Waals surface area (Å²) >= 11 is 0. The van der Waals surface area contributed by atoms with Crippen molar-refractivity contribution in [3.8, 4) is 5.82 Å². The second kappa shape index (κ2) is 8.20. The average Bonchev–Trinajstić information content (AvgIpc) is 3.21. The van der Waals surface area contributed by atoms with E-state index in [1.807, 2.05) is 67.6 Å². The van der Waals surface area contributed by atoms with E-state index in [4.69, 9.17) is 4.74 Å². The van der Waals surface area contributed by atoms with Gasteiger partial charge in [-0.1, -0.05) is 30.3 Å². The van der Waals surface area contributed by atoms with Crippen LogP contribution in [0.1, 0.15) is 16.1 Å². The first kappa shape index (κ1) is 19.3. The van der Waals surface area contributed by atoms with Gasteiger partial charge in [0.15, 0.2) is 5.82 Å². The van der Waals surface area contributed by atoms with Gasteiger partial charge < -0.3 is 15.0 Å². The number of aromatic nitrogens is 3. The van der Waals surface area contributed by atoms with Crippen LogP contribution in [0.2, 0.25) is 0 Å². The summed E-state index contributed by atoms with van der Waals surface area (Å²) in [6.45, 7) is 4.86. The quantitative estimate of drug-likeness (QED) is 0.551. The van der Waals surface area contributed by atoms with E-state index in [1.54, 1.807) is 10.9 Å². The van der Waals surface area contributed by atoms with Crippen molar-refractivity contribution in [3.63, 3.8) is 0 Å². The van der Waals surface area contributed by atoms with E-state index in [0.717, 1.165) is 41.1 Å². The molecule has 5 rings (SSSR count). The van der Waals surface area contributed by atoms with Crippen molar-refractivity contribution in [2.24, 2.45) is 0 Å². The molecule has 0 bridgehead atoms. The summed E-state index contributed by atoms with van der Waals surface area (Å²) in [4.78, 5) is 20.0. The molecule has 31 heavy (non-hydrogen) atoms. The lowest BCUT2D eigenvalue weighted by molar-refractivity contribution is 0.102. The molecule has 0 unspecified atom stereocenters. The number of para-hydroxylation sites is 3. The second-order valence-corrected chi connectivity index (χ2v) is 7.49. The topological polar surface area (TPSA) is 72.3 Å². The van der Waals surface area contributed by atoms with E-state index in [2.05, 4.69) is 20.3 Å². The molecular formula is C24H23N5O2. The number of fused-ring (bicyclic) bond motifs is 1. The smallest absolute Gasteiger partial charge is 0.259 e. The molecule has 0 atom stereocenters. The molecule has 1 amide bonds. The number of carbonyl (C=O) groups is 1. The summed E-state index contributed by atoms with van der Waals surface area (Å²) in [6, 6.07) is 19.7. The highest BCUT2D eigenvalue weighted by Crippen LogP contribution is 2.27. The molecule has 3 heterocycles. The number of carbonyl (C=O) groups excluding carboxylic acids is 1. The SMILES string of the molecule is Cc1c(C(=O)Nc2ccccc2N2CCOCC2)cnn1-c1ccc2ccccc2n1. The molecule has 2 aromatic carbocycles. The number of morpholine rings is 1. The lowest BCUT2D eigenvalue weighted by Crippen LogP contribution is -2.36. The van der Waals surface area contributed by atoms with Gasteiger partial charge in [0.1, 0.15) is 0 Å². The summed E-state index contributed by atoms with van der Waals surface area (Å²) in [7, 11) is 0. The third kappa shape index (κ3) is 3.75. The van der Waals surface area contributed by atoms with E-state index >= 15 is 0 Å². The highest BCUT2D eigenvalue weighted by atomic mass is 16.5. The van der Waals surface area contributed by atoms with Gasteiger partial charge in [0.25, 0.3) is 5.91 Å². The van der Waals surface area contributed by atoms with E-state index in [0.29, 0.717) is 24.6 Å². The van der Waals surface area contributed by atoms with Crippen LogP contribution in [0.15, 0.2) is 66.9 Å². The van der Waals surface area contributed by atoms with Crippen LogP contribution in [0.25, 0.3) is 16.7 Å². The standard InChI is InChI=1S/C24H23N5O2/c1-17-19(16-25-29(17)23-11-10-18-6-2-3-7-20(18)26-23)24(30)27-21-8-4-5-9-22(21)28-12-14-31-15-13-28/h2-11,16H,12-15H2,1H3,(H,27,30). The van der Waals surface area contributed by atoms with Crippen LogP contribution in [0, 0.1) is 6.92 Å². The van der Waals surface area contributed by atoms with E-state index < -0.39 is 0 Å². The Hall–Kier alpha value is -3.71. The Kier molecular flexibility index (Phi) is 5.09. The summed E-state index contributed by atoms with van der Waals surface area (Å²) in [5.41, 5.74) is 3.93. The Labute approximate surface area is 180 Å². The van der Waals surface area contributed by atoms with E-state index in [9.17, 15) is 4.79 Å². The molecule has 156 valence electrons. The zero-order chi connectivity index (χ0) is 21.2. The van der Waals surface area contributed by atoms with Gasteiger partial charge in [-0.3, -0.25) is 4.79 Å². The molecule has 7 heteroatoms. The van der Waals surface area contributed by atoms with Gasteiger partial charge in [0.05, 0.1) is 47.6 Å². The van der Waals surface area contributed by atoms with Gasteiger partial charge in [-0.05, 0) is 37.3 Å². The van der Waals surface area contributed by atoms with Gasteiger partial charge >= 0.3 is 0 Å². The number of nitrogens with zero attached hydrogens (tertiary/aromatic N) is 4. The Morgan fingerprint density at radius 1 is 1.00 bits per heavy atom. The molecule has 0 aliphatic carbocycles. The lowest BCUT2D eigenvalue weighted by Gasteiger charge is -2.30. The molecule has 1 aliphatic rings. The fourth-order valence-corrected chi connectivity index (χ4v) is 3.89. The third-order valence-electron chi connectivity index (χ3n) is 5.56. The highest BCUT2D eigenvalue weighted by Gasteiger charge is 2.19. The first-order valence-corrected chi connectivity index (χ1v) is 10.3. The summed E-state index contributed by atoms with van der Waals surface area (Å²) < 4.78 is 7.16. The first-order valence-electron chi connectivity index (χ1n) is 10.3. The van der Waals surface area contributed by atoms with Crippen LogP contribution >= 0.6 is 0 Å². The van der Waals surface area contributed by atoms with Crippen LogP contribution < -0.4 is 10.2 Å². The number of nitrogens with one attached hydrogen (secondary N) is 1. The molecule has 0 saturated carbocycles. The van der Waals surface area contributed by atoms with E-state index in [1.165, 1.54) is 0 Å². The number of amides is 1. The van der Waals surface area contributed by atoms with Crippen LogP contribution in [0.3, 0.4) is 0 Å². The van der Waals surface area contributed by atoms with Crippen molar-refractivity contribution in [3.05, 3.63) is 78.1 Å². The number of ether oxygens (including phenoxy) is 1. The van der Waals surface area contributed by atoms with Gasteiger partial charge in [-0.2, -0.15) is 5.10 Å². The van der Waals surface area contributed by atoms with E-state index in [-0.39, 0.29) is 5.91 Å². The number of hydrogen-bond acceptors (Lipinski definition) is 5. The second-order valence-electron chi connectivity index (χ2n) is 7.49. The maximum absolute atomic E-state index is 13.1. The minimum absolute atomic E-state index is 0.190. The molecule has 1 fully saturated rings. The van der Waals surface area contributed by atoms with Crippen LogP contribution in [-0.4, -0.2) is 47.0 Å². The molecule has 0 radical (unpaired) electrons. The van der Waals surface area contributed by atoms with Crippen molar-refractivity contribution < 1.29 is 9.53 Å². The minimum atomic E-state index is -0.190. The summed E-state index contributed by atoms with van der Waals surface area (Å²) in [5, 5.41) is 8.56. The maximum atomic E-state index is 13.1. The molecule has 2 aromatic heterocycles. The van der Waals surface area contributed by atoms with Crippen molar-refractivity contribution in [2.45, 2.75) is 6.92 Å². The predicted molar refractivity (Wildman–Crippen MR) is 121 cm³/mol. The van der Waals surface area contributed by atoms with Gasteiger partial charge in [0, 0.05) is 18.5 Å². The first-order chi connectivity index (χ1) is 15.2. The molecule has 7 nitrogen and oxygen atoms in total. The Balaban J connectivity index is 1.42. The molecular weight excluding hydrogens is 390 g/mol. The molecule has 0 spiro atoms. The van der Waals surface area contributed by atoms with Crippen molar-refractivity contribution in [1.29, 1.82) is 0 Å². The molecule has 4 aromatic rings. The van der Waals surface area contributed by atoms with Crippen LogP contribution in [-0.2, 0) is 4.74 Å². The number of anilines is 2. The van der Waals surface area contributed by atoms with Crippen LogP contribution in [0.4, 0.5) is 11.4 Å². The zero-order valence-electron chi connectivity index (χ0n) is 17.3. The normalized spacial score (nSPS) is 14.0. The average molecular weight is 413 g/mol. The summed E-state index contributed by atoms with van der Waals surface area (Å²) in [6.07, 6.45) is 1.60. The molecule has 1 N–H and O–H groups in total. The summed E-state index contributed by atoms with van der Waals surface area (Å²) in [5.74, 6) is 0.495. The molecule has 1 saturated heterocycles. The monoisotopic (exact) mass is 413 g/mol. The van der Waals surface area contributed by atoms with Gasteiger partial charge in [-0.15, -0.1) is 0 Å². The Morgan fingerprint density at radius 3 is 2.65 bits per heavy atom. The third-order valence-corrected chi connectivity index (χ3v) is 5.56. The Bertz CT molecular complexity index is 1240. The van der Waals surface area contributed by atoms with Gasteiger partial charge in [0.2, 0.25) is 0 Å². The fraction of sp³-hybridized carbons (Fsp3) is 0.208. The number of pyridine rings is 1. The fourth-order valence-electron chi connectivity index (χ4n) is 3.89. The van der Waals surface area contributed by atoms with Crippen molar-refractivity contribution >= 4 is 28.2 Å². The van der Waals surface area contributed by atoms with Gasteiger partial charge in [-0.25, -0.2) is 9.67 Å². The molecule has 1 aliphatic heterocycles.